The Morgan fingerprint density at radius 2 is 2.10 bits per heavy atom. The first-order chi connectivity index (χ1) is 15.1. The molecule has 1 aliphatic carbocycles. The van der Waals surface area contributed by atoms with Crippen LogP contribution in [0, 0.1) is 11.3 Å². The quantitative estimate of drug-likeness (QED) is 0.210. The summed E-state index contributed by atoms with van der Waals surface area (Å²) in [5, 5.41) is 0. The molecule has 0 bridgehead atoms. The number of thioether (sulfide) groups is 1. The second-order valence-electron chi connectivity index (χ2n) is 9.56. The molecular formula is C27H44N2OS. The van der Waals surface area contributed by atoms with E-state index < -0.39 is 0 Å². The lowest BCUT2D eigenvalue weighted by Gasteiger charge is -2.30. The highest BCUT2D eigenvalue weighted by atomic mass is 32.2. The average molecular weight is 445 g/mol. The Balaban J connectivity index is 1.77. The van der Waals surface area contributed by atoms with Crippen LogP contribution < -0.4 is 0 Å². The summed E-state index contributed by atoms with van der Waals surface area (Å²) in [6, 6.07) is 4.11. The number of aromatic nitrogens is 1. The normalized spacial score (nSPS) is 21.1. The van der Waals surface area contributed by atoms with Crippen LogP contribution in [0.5, 0.6) is 0 Å². The summed E-state index contributed by atoms with van der Waals surface area (Å²) in [7, 11) is 0. The summed E-state index contributed by atoms with van der Waals surface area (Å²) in [5.41, 5.74) is 1.70. The molecule has 2 rings (SSSR count). The van der Waals surface area contributed by atoms with E-state index in [1.165, 1.54) is 50.5 Å². The van der Waals surface area contributed by atoms with Crippen molar-refractivity contribution in [3.8, 4) is 0 Å². The number of carbonyl (C=O) groups excluding carboxylic acids is 1. The lowest BCUT2D eigenvalue weighted by atomic mass is 9.83. The number of rotatable bonds is 15. The van der Waals surface area contributed by atoms with Crippen molar-refractivity contribution < 1.29 is 4.79 Å². The maximum Gasteiger partial charge on any atom is 0.223 e. The number of amides is 1. The van der Waals surface area contributed by atoms with Gasteiger partial charge in [-0.2, -0.15) is 11.8 Å². The molecule has 1 amide bonds. The Hall–Kier alpha value is -1.29. The predicted molar refractivity (Wildman–Crippen MR) is 135 cm³/mol. The zero-order chi connectivity index (χ0) is 22.4. The third-order valence-electron chi connectivity index (χ3n) is 6.76. The molecular weight excluding hydrogens is 400 g/mol. The van der Waals surface area contributed by atoms with Gasteiger partial charge in [0.05, 0.1) is 0 Å². The minimum Gasteiger partial charge on any atom is -0.343 e. The maximum absolute atomic E-state index is 13.0. The fraction of sp³-hybridized carbons (Fsp3) is 0.704. The molecule has 0 saturated heterocycles. The summed E-state index contributed by atoms with van der Waals surface area (Å²) >= 11 is 1.85. The molecule has 2 unspecified atom stereocenters. The highest BCUT2D eigenvalue weighted by Crippen LogP contribution is 2.45. The fourth-order valence-corrected chi connectivity index (χ4v) is 5.62. The van der Waals surface area contributed by atoms with E-state index in [1.54, 1.807) is 0 Å². The van der Waals surface area contributed by atoms with Crippen LogP contribution in [-0.4, -0.2) is 34.6 Å². The molecule has 1 fully saturated rings. The number of nitrogens with zero attached hydrogens (tertiary/aromatic N) is 2. The third kappa shape index (κ3) is 10.2. The van der Waals surface area contributed by atoms with Crippen molar-refractivity contribution in [3.05, 3.63) is 42.2 Å². The van der Waals surface area contributed by atoms with E-state index in [2.05, 4.69) is 54.9 Å². The summed E-state index contributed by atoms with van der Waals surface area (Å²) in [6.07, 6.45) is 20.1. The number of hydrogen-bond acceptors (Lipinski definition) is 3. The molecule has 0 spiro atoms. The number of pyridine rings is 1. The van der Waals surface area contributed by atoms with Crippen LogP contribution in [0.2, 0.25) is 0 Å². The van der Waals surface area contributed by atoms with Gasteiger partial charge in [-0.15, -0.1) is 0 Å². The molecule has 1 heterocycles. The highest BCUT2D eigenvalue weighted by molar-refractivity contribution is 7.98. The van der Waals surface area contributed by atoms with Crippen LogP contribution in [-0.2, 0) is 10.5 Å². The fourth-order valence-electron chi connectivity index (χ4n) is 4.73. The SMILES string of the molecule is C/C=C/CCC1CCC(C)(CCN(CCCCC)C(=O)CCSCc2ccncc2)C1. The van der Waals surface area contributed by atoms with E-state index in [1.807, 2.05) is 24.2 Å². The van der Waals surface area contributed by atoms with Crippen molar-refractivity contribution in [2.75, 3.05) is 18.8 Å². The monoisotopic (exact) mass is 444 g/mol. The van der Waals surface area contributed by atoms with Gasteiger partial charge in [0.2, 0.25) is 5.91 Å². The van der Waals surface area contributed by atoms with E-state index in [0.717, 1.165) is 43.4 Å². The first-order valence-electron chi connectivity index (χ1n) is 12.4. The molecule has 0 radical (unpaired) electrons. The second-order valence-corrected chi connectivity index (χ2v) is 10.7. The molecule has 0 N–H and O–H groups in total. The van der Waals surface area contributed by atoms with Gasteiger partial charge in [-0.05, 0) is 80.9 Å². The van der Waals surface area contributed by atoms with Gasteiger partial charge in [0.1, 0.15) is 0 Å². The zero-order valence-corrected chi connectivity index (χ0v) is 21.0. The maximum atomic E-state index is 13.0. The molecule has 174 valence electrons. The summed E-state index contributed by atoms with van der Waals surface area (Å²) in [5.74, 6) is 3.08. The van der Waals surface area contributed by atoms with Gasteiger partial charge >= 0.3 is 0 Å². The Kier molecular flexibility index (Phi) is 12.3. The number of unbranched alkanes of at least 4 members (excludes halogenated alkanes) is 2. The largest absolute Gasteiger partial charge is 0.343 e. The van der Waals surface area contributed by atoms with Crippen molar-refractivity contribution in [2.45, 2.75) is 90.7 Å². The molecule has 3 nitrogen and oxygen atoms in total. The second kappa shape index (κ2) is 14.7. The minimum atomic E-state index is 0.351. The molecule has 0 aromatic carbocycles. The summed E-state index contributed by atoms with van der Waals surface area (Å²) in [6.45, 7) is 8.68. The number of allylic oxidation sites excluding steroid dienone is 2. The average Bonchev–Trinajstić information content (AvgIpc) is 3.15. The Morgan fingerprint density at radius 3 is 2.84 bits per heavy atom. The van der Waals surface area contributed by atoms with Gasteiger partial charge in [0.15, 0.2) is 0 Å². The van der Waals surface area contributed by atoms with Crippen molar-refractivity contribution in [3.63, 3.8) is 0 Å². The van der Waals surface area contributed by atoms with Gasteiger partial charge in [0, 0.05) is 43.4 Å². The van der Waals surface area contributed by atoms with Gasteiger partial charge in [-0.1, -0.05) is 38.8 Å². The zero-order valence-electron chi connectivity index (χ0n) is 20.2. The molecule has 31 heavy (non-hydrogen) atoms. The van der Waals surface area contributed by atoms with Gasteiger partial charge in [-0.3, -0.25) is 9.78 Å². The molecule has 1 aliphatic rings. The standard InChI is InChI=1S/C27H44N2OS/c1-4-6-8-10-24-11-15-27(3,22-24)16-20-29(19-9-7-5-2)26(30)14-21-31-23-25-12-17-28-18-13-25/h4,6,12-13,17-18,24H,5,7-11,14-16,19-23H2,1-3H3/b6-4+. The number of hydrogen-bond donors (Lipinski definition) is 0. The van der Waals surface area contributed by atoms with Gasteiger partial charge in [-0.25, -0.2) is 0 Å². The van der Waals surface area contributed by atoms with E-state index in [-0.39, 0.29) is 0 Å². The van der Waals surface area contributed by atoms with E-state index in [4.69, 9.17) is 0 Å². The van der Waals surface area contributed by atoms with E-state index in [9.17, 15) is 4.79 Å². The van der Waals surface area contributed by atoms with Crippen LogP contribution in [0.4, 0.5) is 0 Å². The Labute approximate surface area is 195 Å². The van der Waals surface area contributed by atoms with E-state index >= 15 is 0 Å². The lowest BCUT2D eigenvalue weighted by molar-refractivity contribution is -0.131. The molecule has 1 aromatic rings. The van der Waals surface area contributed by atoms with E-state index in [0.29, 0.717) is 17.7 Å². The lowest BCUT2D eigenvalue weighted by Crippen LogP contribution is -2.35. The van der Waals surface area contributed by atoms with Crippen LogP contribution in [0.15, 0.2) is 36.7 Å². The third-order valence-corrected chi connectivity index (χ3v) is 7.79. The van der Waals surface area contributed by atoms with Gasteiger partial charge < -0.3 is 4.90 Å². The van der Waals surface area contributed by atoms with Gasteiger partial charge in [0.25, 0.3) is 0 Å². The minimum absolute atomic E-state index is 0.351. The first-order valence-corrected chi connectivity index (χ1v) is 13.6. The van der Waals surface area contributed by atoms with Crippen LogP contribution in [0.1, 0.15) is 90.5 Å². The number of carbonyl (C=O) groups is 1. The van der Waals surface area contributed by atoms with Crippen LogP contribution >= 0.6 is 11.8 Å². The van der Waals surface area contributed by atoms with Crippen molar-refractivity contribution in [1.82, 2.24) is 9.88 Å². The van der Waals surface area contributed by atoms with Crippen molar-refractivity contribution >= 4 is 17.7 Å². The topological polar surface area (TPSA) is 33.2 Å². The molecule has 1 saturated carbocycles. The van der Waals surface area contributed by atoms with Crippen LogP contribution in [0.3, 0.4) is 0 Å². The first kappa shape index (κ1) is 26.0. The van der Waals surface area contributed by atoms with Crippen molar-refractivity contribution in [1.29, 1.82) is 0 Å². The molecule has 0 aliphatic heterocycles. The smallest absolute Gasteiger partial charge is 0.223 e. The molecule has 4 heteroatoms. The molecule has 1 aromatic heterocycles. The van der Waals surface area contributed by atoms with Crippen molar-refractivity contribution in [2.24, 2.45) is 11.3 Å². The van der Waals surface area contributed by atoms with Crippen LogP contribution in [0.25, 0.3) is 0 Å². The summed E-state index contributed by atoms with van der Waals surface area (Å²) in [4.78, 5) is 19.2. The summed E-state index contributed by atoms with van der Waals surface area (Å²) < 4.78 is 0. The highest BCUT2D eigenvalue weighted by Gasteiger charge is 2.34. The Bertz CT molecular complexity index is 648. The predicted octanol–water partition coefficient (Wildman–Crippen LogP) is 7.28. The Morgan fingerprint density at radius 1 is 1.29 bits per heavy atom. The molecule has 2 atom stereocenters.